The van der Waals surface area contributed by atoms with Crippen molar-refractivity contribution >= 4 is 28.8 Å². The molecule has 0 unspecified atom stereocenters. The minimum atomic E-state index is -1.07. The maximum Gasteiger partial charge on any atom is 0.408 e. The van der Waals surface area contributed by atoms with Crippen LogP contribution < -0.4 is 16.0 Å². The molecule has 3 aromatic rings. The predicted molar refractivity (Wildman–Crippen MR) is 137 cm³/mol. The van der Waals surface area contributed by atoms with E-state index in [0.29, 0.717) is 0 Å². The molecule has 4 N–H and O–H groups in total. The summed E-state index contributed by atoms with van der Waals surface area (Å²) in [7, 11) is 1.51. The number of rotatable bonds is 10. The summed E-state index contributed by atoms with van der Waals surface area (Å²) in [5.74, 6) is -0.905. The summed E-state index contributed by atoms with van der Waals surface area (Å²) in [5.41, 5.74) is 2.01. The molecule has 0 radical (unpaired) electrons. The largest absolute Gasteiger partial charge is 0.444 e. The second-order valence-corrected chi connectivity index (χ2v) is 9.44. The van der Waals surface area contributed by atoms with Crippen LogP contribution in [-0.4, -0.2) is 54.2 Å². The molecule has 9 nitrogen and oxygen atoms in total. The predicted octanol–water partition coefficient (Wildman–Crippen LogP) is 3.05. The van der Waals surface area contributed by atoms with Crippen LogP contribution in [0.2, 0.25) is 0 Å². The fraction of sp³-hybridized carbons (Fsp3) is 0.370. The van der Waals surface area contributed by atoms with Gasteiger partial charge in [-0.1, -0.05) is 48.5 Å². The van der Waals surface area contributed by atoms with Crippen molar-refractivity contribution in [2.75, 3.05) is 13.7 Å². The number of ether oxygens (including phenoxy) is 2. The number of H-pyrrole nitrogens is 1. The van der Waals surface area contributed by atoms with E-state index < -0.39 is 29.7 Å². The van der Waals surface area contributed by atoms with Gasteiger partial charge in [0.15, 0.2) is 0 Å². The third-order valence-corrected chi connectivity index (χ3v) is 5.38. The number of carbonyl (C=O) groups is 3. The van der Waals surface area contributed by atoms with Crippen molar-refractivity contribution in [2.45, 2.75) is 51.5 Å². The van der Waals surface area contributed by atoms with Crippen LogP contribution in [0.4, 0.5) is 4.79 Å². The van der Waals surface area contributed by atoms with Gasteiger partial charge >= 0.3 is 6.09 Å². The summed E-state index contributed by atoms with van der Waals surface area (Å²) >= 11 is 0. The summed E-state index contributed by atoms with van der Waals surface area (Å²) in [5, 5.41) is 8.91. The Hall–Kier alpha value is -3.85. The number of amides is 3. The van der Waals surface area contributed by atoms with Crippen LogP contribution in [0.25, 0.3) is 10.9 Å². The molecule has 0 aliphatic heterocycles. The first-order chi connectivity index (χ1) is 17.2. The maximum absolute atomic E-state index is 13.3. The first-order valence-electron chi connectivity index (χ1n) is 11.8. The molecule has 1 heterocycles. The van der Waals surface area contributed by atoms with Gasteiger partial charge in [0, 0.05) is 30.6 Å². The van der Waals surface area contributed by atoms with Crippen LogP contribution in [0.15, 0.2) is 60.8 Å². The molecule has 0 aliphatic carbocycles. The number of fused-ring (bicyclic) bond motifs is 1. The van der Waals surface area contributed by atoms with E-state index in [9.17, 15) is 14.4 Å². The molecule has 0 saturated heterocycles. The average Bonchev–Trinajstić information content (AvgIpc) is 3.24. The van der Waals surface area contributed by atoms with Crippen molar-refractivity contribution in [1.82, 2.24) is 20.9 Å². The molecule has 0 aliphatic rings. The maximum atomic E-state index is 13.3. The molecule has 2 atom stereocenters. The Kier molecular flexibility index (Phi) is 9.08. The highest BCUT2D eigenvalue weighted by Gasteiger charge is 2.29. The van der Waals surface area contributed by atoms with Gasteiger partial charge in [-0.3, -0.25) is 9.59 Å². The van der Waals surface area contributed by atoms with Crippen molar-refractivity contribution in [2.24, 2.45) is 0 Å². The van der Waals surface area contributed by atoms with E-state index in [4.69, 9.17) is 9.47 Å². The first kappa shape index (κ1) is 26.7. The summed E-state index contributed by atoms with van der Waals surface area (Å²) < 4.78 is 11.1. The number of para-hydroxylation sites is 1. The number of alkyl carbamates (subject to hydrolysis) is 1. The normalized spacial score (nSPS) is 13.0. The van der Waals surface area contributed by atoms with Crippen LogP contribution in [0, 0.1) is 0 Å². The molecular formula is C27H34N4O5. The first-order valence-corrected chi connectivity index (χ1v) is 11.8. The Morgan fingerprint density at radius 2 is 1.61 bits per heavy atom. The van der Waals surface area contributed by atoms with Gasteiger partial charge < -0.3 is 30.4 Å². The molecule has 0 fully saturated rings. The molecule has 9 heteroatoms. The van der Waals surface area contributed by atoms with Crippen LogP contribution in [0.5, 0.6) is 0 Å². The van der Waals surface area contributed by atoms with E-state index in [1.807, 2.05) is 60.8 Å². The van der Waals surface area contributed by atoms with Gasteiger partial charge in [0.25, 0.3) is 0 Å². The molecule has 1 aromatic heterocycles. The SMILES string of the molecule is CNC(=O)[C@H](Cc1c[nH]c2ccccc12)NC(=O)[C@@H](COCc1ccccc1)NC(=O)OC(C)(C)C. The van der Waals surface area contributed by atoms with Crippen LogP contribution >= 0.6 is 0 Å². The number of likely N-dealkylation sites (N-methyl/N-ethyl adjacent to an activating group) is 1. The number of aromatic amines is 1. The number of benzene rings is 2. The average molecular weight is 495 g/mol. The van der Waals surface area contributed by atoms with Crippen LogP contribution in [-0.2, 0) is 32.1 Å². The molecule has 0 saturated carbocycles. The highest BCUT2D eigenvalue weighted by Crippen LogP contribution is 2.19. The van der Waals surface area contributed by atoms with Crippen molar-refractivity contribution in [3.63, 3.8) is 0 Å². The summed E-state index contributed by atoms with van der Waals surface area (Å²) in [6.45, 7) is 5.35. The van der Waals surface area contributed by atoms with E-state index in [1.165, 1.54) is 7.05 Å². The van der Waals surface area contributed by atoms with Crippen LogP contribution in [0.1, 0.15) is 31.9 Å². The van der Waals surface area contributed by atoms with Gasteiger partial charge in [-0.2, -0.15) is 0 Å². The molecule has 192 valence electrons. The lowest BCUT2D eigenvalue weighted by molar-refractivity contribution is -0.130. The molecule has 0 bridgehead atoms. The van der Waals surface area contributed by atoms with Gasteiger partial charge in [0.1, 0.15) is 17.7 Å². The van der Waals surface area contributed by atoms with Gasteiger partial charge in [0.2, 0.25) is 11.8 Å². The zero-order chi connectivity index (χ0) is 26.1. The van der Waals surface area contributed by atoms with Crippen molar-refractivity contribution in [1.29, 1.82) is 0 Å². The summed E-state index contributed by atoms with van der Waals surface area (Å²) in [6, 6.07) is 15.3. The van der Waals surface area contributed by atoms with E-state index in [0.717, 1.165) is 22.0 Å². The van der Waals surface area contributed by atoms with Gasteiger partial charge in [-0.25, -0.2) is 4.79 Å². The standard InChI is InChI=1S/C27H34N4O5/c1-27(2,3)36-26(34)31-23(17-35-16-18-10-6-5-7-11-18)25(33)30-22(24(32)28-4)14-19-15-29-21-13-9-8-12-20(19)21/h5-13,15,22-23,29H,14,16-17H2,1-4H3,(H,28,32)(H,30,33)(H,31,34)/t22-,23+/m0/s1. The van der Waals surface area contributed by atoms with E-state index in [1.54, 1.807) is 20.8 Å². The van der Waals surface area contributed by atoms with Crippen molar-refractivity contribution in [3.8, 4) is 0 Å². The third-order valence-electron chi connectivity index (χ3n) is 5.38. The van der Waals surface area contributed by atoms with Crippen LogP contribution in [0.3, 0.4) is 0 Å². The Morgan fingerprint density at radius 3 is 2.31 bits per heavy atom. The third kappa shape index (κ3) is 7.84. The molecule has 3 rings (SSSR count). The Bertz CT molecular complexity index is 1170. The summed E-state index contributed by atoms with van der Waals surface area (Å²) in [6.07, 6.45) is 1.34. The van der Waals surface area contributed by atoms with Crippen molar-refractivity contribution in [3.05, 3.63) is 71.9 Å². The zero-order valence-electron chi connectivity index (χ0n) is 21.1. The smallest absolute Gasteiger partial charge is 0.408 e. The highest BCUT2D eigenvalue weighted by molar-refractivity contribution is 5.92. The Labute approximate surface area is 210 Å². The van der Waals surface area contributed by atoms with Gasteiger partial charge in [-0.05, 0) is 38.0 Å². The number of aromatic nitrogens is 1. The highest BCUT2D eigenvalue weighted by atomic mass is 16.6. The number of hydrogen-bond donors (Lipinski definition) is 4. The van der Waals surface area contributed by atoms with E-state index in [2.05, 4.69) is 20.9 Å². The van der Waals surface area contributed by atoms with Gasteiger partial charge in [0.05, 0.1) is 13.2 Å². The molecule has 2 aromatic carbocycles. The lowest BCUT2D eigenvalue weighted by atomic mass is 10.0. The summed E-state index contributed by atoms with van der Waals surface area (Å²) in [4.78, 5) is 41.5. The quantitative estimate of drug-likeness (QED) is 0.345. The molecular weight excluding hydrogens is 460 g/mol. The molecule has 36 heavy (non-hydrogen) atoms. The Morgan fingerprint density at radius 1 is 0.917 bits per heavy atom. The van der Waals surface area contributed by atoms with E-state index >= 15 is 0 Å². The minimum absolute atomic E-state index is 0.104. The topological polar surface area (TPSA) is 122 Å². The second-order valence-electron chi connectivity index (χ2n) is 9.44. The Balaban J connectivity index is 1.73. The molecule has 3 amide bonds. The fourth-order valence-corrected chi connectivity index (χ4v) is 3.68. The van der Waals surface area contributed by atoms with Gasteiger partial charge in [-0.15, -0.1) is 0 Å². The zero-order valence-corrected chi connectivity index (χ0v) is 21.1. The number of nitrogens with one attached hydrogen (secondary N) is 4. The number of carbonyl (C=O) groups excluding carboxylic acids is 3. The lowest BCUT2D eigenvalue weighted by Crippen LogP contribution is -2.56. The molecule has 0 spiro atoms. The minimum Gasteiger partial charge on any atom is -0.444 e. The monoisotopic (exact) mass is 494 g/mol. The second kappa shape index (κ2) is 12.2. The number of hydrogen-bond acceptors (Lipinski definition) is 5. The van der Waals surface area contributed by atoms with E-state index in [-0.39, 0.29) is 25.5 Å². The fourth-order valence-electron chi connectivity index (χ4n) is 3.68. The van der Waals surface area contributed by atoms with Crippen molar-refractivity contribution < 1.29 is 23.9 Å². The lowest BCUT2D eigenvalue weighted by Gasteiger charge is -2.25.